The van der Waals surface area contributed by atoms with Crippen molar-refractivity contribution in [3.05, 3.63) is 12.3 Å². The molecule has 0 amide bonds. The molecule has 0 aromatic carbocycles. The van der Waals surface area contributed by atoms with Crippen molar-refractivity contribution in [2.24, 2.45) is 5.41 Å². The van der Waals surface area contributed by atoms with Crippen LogP contribution in [0.3, 0.4) is 0 Å². The molecule has 3 heterocycles. The van der Waals surface area contributed by atoms with Crippen molar-refractivity contribution in [3.8, 4) is 0 Å². The highest BCUT2D eigenvalue weighted by Gasteiger charge is 2.61. The molecule has 1 aliphatic carbocycles. The third-order valence-electron chi connectivity index (χ3n) is 8.36. The minimum absolute atomic E-state index is 0.457. The summed E-state index contributed by atoms with van der Waals surface area (Å²) < 4.78 is 21.5. The van der Waals surface area contributed by atoms with E-state index in [1.54, 1.807) is 11.1 Å². The van der Waals surface area contributed by atoms with Crippen LogP contribution in [0.25, 0.3) is 0 Å². The van der Waals surface area contributed by atoms with E-state index in [9.17, 15) is 25.0 Å². The smallest absolute Gasteiger partial charge is 0.387 e. The van der Waals surface area contributed by atoms with Crippen LogP contribution in [-0.2, 0) is 13.8 Å². The van der Waals surface area contributed by atoms with Crippen molar-refractivity contribution in [1.82, 2.24) is 10.2 Å². The fourth-order valence-corrected chi connectivity index (χ4v) is 6.73. The number of nitrogens with one attached hydrogen (secondary N) is 1. The summed E-state index contributed by atoms with van der Waals surface area (Å²) in [6.07, 6.45) is 8.19. The predicted octanol–water partition coefficient (Wildman–Crippen LogP) is 1.03. The first-order valence-electron chi connectivity index (χ1n) is 12.9. The number of phosphoric ester groups is 1. The van der Waals surface area contributed by atoms with Crippen molar-refractivity contribution in [1.29, 1.82) is 0 Å². The molecule has 2 bridgehead atoms. The SMILES string of the molecule is O=P(O)(O)OCC1OC(N2C=CC34CCCCCCCCCCCC2(C3)[C@H](O)NC4O)C(O)C1O. The summed E-state index contributed by atoms with van der Waals surface area (Å²) in [6, 6.07) is 0. The lowest BCUT2D eigenvalue weighted by atomic mass is 9.63. The van der Waals surface area contributed by atoms with Gasteiger partial charge in [-0.2, -0.15) is 0 Å². The van der Waals surface area contributed by atoms with Gasteiger partial charge in [0, 0.05) is 5.41 Å². The normalized spacial score (nSPS) is 43.7. The van der Waals surface area contributed by atoms with Gasteiger partial charge in [-0.3, -0.25) is 9.84 Å². The van der Waals surface area contributed by atoms with E-state index in [1.807, 2.05) is 6.08 Å². The largest absolute Gasteiger partial charge is 0.469 e. The lowest BCUT2D eigenvalue weighted by molar-refractivity contribution is -0.207. The molecule has 11 nitrogen and oxygen atoms in total. The highest BCUT2D eigenvalue weighted by molar-refractivity contribution is 7.46. The van der Waals surface area contributed by atoms with Gasteiger partial charge in [-0.05, 0) is 25.5 Å². The van der Waals surface area contributed by atoms with Gasteiger partial charge in [0.05, 0.1) is 12.1 Å². The second-order valence-corrected chi connectivity index (χ2v) is 12.0. The molecule has 35 heavy (non-hydrogen) atoms. The van der Waals surface area contributed by atoms with Crippen LogP contribution in [0.2, 0.25) is 0 Å². The van der Waals surface area contributed by atoms with E-state index in [0.29, 0.717) is 12.8 Å². The zero-order valence-electron chi connectivity index (χ0n) is 20.1. The van der Waals surface area contributed by atoms with E-state index in [1.165, 1.54) is 25.7 Å². The van der Waals surface area contributed by atoms with Crippen LogP contribution in [0.4, 0.5) is 0 Å². The quantitative estimate of drug-likeness (QED) is 0.264. The van der Waals surface area contributed by atoms with Gasteiger partial charge in [0.2, 0.25) is 0 Å². The number of ether oxygens (including phenoxy) is 1. The topological polar surface area (TPSA) is 172 Å². The molecule has 3 fully saturated rings. The zero-order chi connectivity index (χ0) is 25.3. The summed E-state index contributed by atoms with van der Waals surface area (Å²) in [5.41, 5.74) is -1.48. The molecular weight excluding hydrogens is 479 g/mol. The first-order chi connectivity index (χ1) is 16.6. The van der Waals surface area contributed by atoms with Crippen LogP contribution < -0.4 is 5.32 Å². The molecule has 4 rings (SSSR count). The van der Waals surface area contributed by atoms with Crippen molar-refractivity contribution in [2.45, 2.75) is 120 Å². The van der Waals surface area contributed by atoms with Gasteiger partial charge in [-0.1, -0.05) is 63.9 Å². The van der Waals surface area contributed by atoms with Gasteiger partial charge in [0.25, 0.3) is 0 Å². The molecule has 0 spiro atoms. The molecule has 0 aromatic heterocycles. The number of hydrogen-bond donors (Lipinski definition) is 7. The molecule has 0 radical (unpaired) electrons. The molecular formula is C23H41N2O9P. The molecule has 1 saturated carbocycles. The molecule has 7 N–H and O–H groups in total. The maximum Gasteiger partial charge on any atom is 0.469 e. The number of nitrogens with zero attached hydrogens (tertiary/aromatic N) is 1. The number of aliphatic hydroxyl groups excluding tert-OH is 4. The molecule has 4 aliphatic rings. The monoisotopic (exact) mass is 520 g/mol. The summed E-state index contributed by atoms with van der Waals surface area (Å²) in [6.45, 7) is -0.590. The third kappa shape index (κ3) is 5.80. The number of piperidine rings is 1. The molecule has 7 unspecified atom stereocenters. The highest BCUT2D eigenvalue weighted by Crippen LogP contribution is 2.52. The second kappa shape index (κ2) is 11.0. The minimum atomic E-state index is -4.78. The Hall–Kier alpha value is -0.590. The van der Waals surface area contributed by atoms with E-state index in [0.717, 1.165) is 38.5 Å². The van der Waals surface area contributed by atoms with E-state index in [-0.39, 0.29) is 0 Å². The van der Waals surface area contributed by atoms with Crippen LogP contribution in [0.1, 0.15) is 77.0 Å². The number of rotatable bonds is 4. The van der Waals surface area contributed by atoms with Gasteiger partial charge < -0.3 is 39.8 Å². The molecule has 202 valence electrons. The summed E-state index contributed by atoms with van der Waals surface area (Å²) in [4.78, 5) is 19.8. The number of phosphoric acid groups is 1. The standard InChI is InChI=1S/C23H41N2O9P/c26-17-16(14-33-35(30,31)32)34-19(18(17)27)25-13-12-22-10-8-6-4-2-1-3-5-7-9-11-23(25,15-22)21(29)24-20(22)28/h12-13,16-21,24,26-29H,1-11,14-15H2,(H2,30,31,32)/t16?,17?,18?,19?,20?,21-,22?,23?/m0/s1. The van der Waals surface area contributed by atoms with Crippen molar-refractivity contribution in [3.63, 3.8) is 0 Å². The summed E-state index contributed by atoms with van der Waals surface area (Å²) in [7, 11) is -4.78. The van der Waals surface area contributed by atoms with Gasteiger partial charge in [0.1, 0.15) is 30.8 Å². The van der Waals surface area contributed by atoms with Gasteiger partial charge in [-0.15, -0.1) is 0 Å². The molecule has 2 saturated heterocycles. The fourth-order valence-electron chi connectivity index (χ4n) is 6.38. The van der Waals surface area contributed by atoms with E-state index in [4.69, 9.17) is 14.5 Å². The van der Waals surface area contributed by atoms with Crippen LogP contribution in [0.5, 0.6) is 0 Å². The Morgan fingerprint density at radius 2 is 1.51 bits per heavy atom. The zero-order valence-corrected chi connectivity index (χ0v) is 21.0. The van der Waals surface area contributed by atoms with Crippen molar-refractivity contribution >= 4 is 7.82 Å². The Balaban J connectivity index is 1.62. The Labute approximate surface area is 206 Å². The first-order valence-corrected chi connectivity index (χ1v) is 14.4. The van der Waals surface area contributed by atoms with Crippen LogP contribution in [0, 0.1) is 5.41 Å². The van der Waals surface area contributed by atoms with E-state index < -0.39 is 62.4 Å². The molecule has 12 heteroatoms. The van der Waals surface area contributed by atoms with Gasteiger partial charge in [-0.25, -0.2) is 4.57 Å². The maximum absolute atomic E-state index is 11.3. The number of hydrogen-bond acceptors (Lipinski definition) is 9. The average molecular weight is 521 g/mol. The molecule has 3 aliphatic heterocycles. The Morgan fingerprint density at radius 3 is 2.14 bits per heavy atom. The van der Waals surface area contributed by atoms with Crippen LogP contribution >= 0.6 is 7.82 Å². The van der Waals surface area contributed by atoms with Crippen molar-refractivity contribution in [2.75, 3.05) is 6.61 Å². The first kappa shape index (κ1) is 27.4. The molecule has 0 aromatic rings. The third-order valence-corrected chi connectivity index (χ3v) is 8.84. The van der Waals surface area contributed by atoms with Gasteiger partial charge in [0.15, 0.2) is 6.23 Å². The minimum Gasteiger partial charge on any atom is -0.387 e. The Kier molecular flexibility index (Phi) is 8.65. The summed E-state index contributed by atoms with van der Waals surface area (Å²) in [5.74, 6) is 0. The van der Waals surface area contributed by atoms with Gasteiger partial charge >= 0.3 is 7.82 Å². The summed E-state index contributed by atoms with van der Waals surface area (Å²) >= 11 is 0. The maximum atomic E-state index is 11.3. The lowest BCUT2D eigenvalue weighted by Crippen LogP contribution is -2.74. The Morgan fingerprint density at radius 1 is 0.914 bits per heavy atom. The second-order valence-electron chi connectivity index (χ2n) is 10.7. The summed E-state index contributed by atoms with van der Waals surface area (Å²) in [5, 5.41) is 46.6. The van der Waals surface area contributed by atoms with E-state index in [2.05, 4.69) is 9.84 Å². The average Bonchev–Trinajstić information content (AvgIpc) is 3.08. The highest BCUT2D eigenvalue weighted by atomic mass is 31.2. The number of aliphatic hydroxyl groups is 4. The van der Waals surface area contributed by atoms with E-state index >= 15 is 0 Å². The van der Waals surface area contributed by atoms with Crippen LogP contribution in [0.15, 0.2) is 12.3 Å². The lowest BCUT2D eigenvalue weighted by Gasteiger charge is -2.61. The van der Waals surface area contributed by atoms with Crippen LogP contribution in [-0.4, -0.2) is 84.3 Å². The Bertz CT molecular complexity index is 797. The molecule has 8 atom stereocenters. The predicted molar refractivity (Wildman–Crippen MR) is 125 cm³/mol. The van der Waals surface area contributed by atoms with Crippen molar-refractivity contribution < 1.29 is 44.0 Å². The fraction of sp³-hybridized carbons (Fsp3) is 0.913.